The molecular formula is C18H16ClN5OS. The summed E-state index contributed by atoms with van der Waals surface area (Å²) < 4.78 is 1.56. The second-order valence-electron chi connectivity index (χ2n) is 5.27. The molecule has 6 nitrogen and oxygen atoms in total. The number of amides is 1. The van der Waals surface area contributed by atoms with E-state index in [4.69, 9.17) is 11.6 Å². The standard InChI is InChI=1S/C18H16ClN5OS/c1-2-11-23(15-8-4-3-5-9-15)17(25)13-26-18-20-21-22-24(18)16-10-6-7-14(19)12-16/h2-10,12H,1,11,13H2. The van der Waals surface area contributed by atoms with E-state index in [1.165, 1.54) is 11.8 Å². The molecule has 3 aromatic rings. The Morgan fingerprint density at radius 1 is 1.23 bits per heavy atom. The smallest absolute Gasteiger partial charge is 0.237 e. The molecule has 0 spiro atoms. The number of rotatable bonds is 7. The van der Waals surface area contributed by atoms with Crippen molar-refractivity contribution in [3.8, 4) is 5.69 Å². The van der Waals surface area contributed by atoms with Gasteiger partial charge < -0.3 is 4.90 Å². The lowest BCUT2D eigenvalue weighted by molar-refractivity contribution is -0.116. The van der Waals surface area contributed by atoms with Crippen molar-refractivity contribution in [3.05, 3.63) is 72.3 Å². The fraction of sp³-hybridized carbons (Fsp3) is 0.111. The van der Waals surface area contributed by atoms with Crippen molar-refractivity contribution in [2.75, 3.05) is 17.2 Å². The molecule has 0 aliphatic rings. The van der Waals surface area contributed by atoms with E-state index in [0.29, 0.717) is 16.7 Å². The van der Waals surface area contributed by atoms with Gasteiger partial charge in [0.05, 0.1) is 11.4 Å². The Hall–Kier alpha value is -2.64. The van der Waals surface area contributed by atoms with Gasteiger partial charge in [-0.3, -0.25) is 4.79 Å². The van der Waals surface area contributed by atoms with Crippen LogP contribution in [0.1, 0.15) is 0 Å². The van der Waals surface area contributed by atoms with Gasteiger partial charge in [0.2, 0.25) is 11.1 Å². The number of aromatic nitrogens is 4. The highest BCUT2D eigenvalue weighted by atomic mass is 35.5. The topological polar surface area (TPSA) is 63.9 Å². The van der Waals surface area contributed by atoms with Crippen LogP contribution in [0.3, 0.4) is 0 Å². The molecule has 0 N–H and O–H groups in total. The Bertz CT molecular complexity index is 899. The molecule has 2 aromatic carbocycles. The molecule has 0 atom stereocenters. The summed E-state index contributed by atoms with van der Waals surface area (Å²) in [6.45, 7) is 4.16. The van der Waals surface area contributed by atoms with Crippen LogP contribution in [0, 0.1) is 0 Å². The molecule has 0 aliphatic carbocycles. The highest BCUT2D eigenvalue weighted by molar-refractivity contribution is 7.99. The van der Waals surface area contributed by atoms with Crippen molar-refractivity contribution in [2.45, 2.75) is 5.16 Å². The monoisotopic (exact) mass is 385 g/mol. The molecule has 132 valence electrons. The van der Waals surface area contributed by atoms with Crippen LogP contribution in [0.15, 0.2) is 72.4 Å². The molecule has 1 heterocycles. The van der Waals surface area contributed by atoms with Crippen LogP contribution in [0.2, 0.25) is 5.02 Å². The molecule has 0 aliphatic heterocycles. The van der Waals surface area contributed by atoms with Crippen molar-refractivity contribution in [1.82, 2.24) is 20.2 Å². The van der Waals surface area contributed by atoms with E-state index >= 15 is 0 Å². The number of para-hydroxylation sites is 1. The van der Waals surface area contributed by atoms with Gasteiger partial charge in [0, 0.05) is 17.3 Å². The van der Waals surface area contributed by atoms with Crippen LogP contribution < -0.4 is 4.90 Å². The second-order valence-corrected chi connectivity index (χ2v) is 6.65. The minimum absolute atomic E-state index is 0.0539. The number of halogens is 1. The molecule has 0 unspecified atom stereocenters. The molecule has 0 fully saturated rings. The molecule has 0 saturated heterocycles. The maximum atomic E-state index is 12.7. The first-order chi connectivity index (χ1) is 12.7. The van der Waals surface area contributed by atoms with Gasteiger partial charge in [-0.05, 0) is 40.8 Å². The van der Waals surface area contributed by atoms with Gasteiger partial charge >= 0.3 is 0 Å². The zero-order valence-electron chi connectivity index (χ0n) is 13.8. The summed E-state index contributed by atoms with van der Waals surface area (Å²) >= 11 is 7.30. The van der Waals surface area contributed by atoms with Crippen LogP contribution in [-0.2, 0) is 4.79 Å². The molecule has 0 saturated carbocycles. The molecule has 0 bridgehead atoms. The SMILES string of the molecule is C=CCN(C(=O)CSc1nnnn1-c1cccc(Cl)c1)c1ccccc1. The van der Waals surface area contributed by atoms with Crippen molar-refractivity contribution in [1.29, 1.82) is 0 Å². The number of nitrogens with zero attached hydrogens (tertiary/aromatic N) is 5. The van der Waals surface area contributed by atoms with Gasteiger partial charge in [0.25, 0.3) is 0 Å². The highest BCUT2D eigenvalue weighted by Gasteiger charge is 2.17. The van der Waals surface area contributed by atoms with Gasteiger partial charge in [0.1, 0.15) is 0 Å². The van der Waals surface area contributed by atoms with Crippen LogP contribution in [0.4, 0.5) is 5.69 Å². The fourth-order valence-corrected chi connectivity index (χ4v) is 3.28. The van der Waals surface area contributed by atoms with E-state index in [-0.39, 0.29) is 11.7 Å². The number of carbonyl (C=O) groups is 1. The quantitative estimate of drug-likeness (QED) is 0.459. The second kappa shape index (κ2) is 8.64. The van der Waals surface area contributed by atoms with E-state index in [0.717, 1.165) is 11.4 Å². The van der Waals surface area contributed by atoms with Gasteiger partial charge in [0.15, 0.2) is 0 Å². The third kappa shape index (κ3) is 4.30. The number of anilines is 1. The van der Waals surface area contributed by atoms with Crippen molar-refractivity contribution < 1.29 is 4.79 Å². The minimum atomic E-state index is -0.0539. The van der Waals surface area contributed by atoms with E-state index in [1.54, 1.807) is 27.8 Å². The first kappa shape index (κ1) is 18.2. The number of hydrogen-bond acceptors (Lipinski definition) is 5. The maximum absolute atomic E-state index is 12.7. The van der Waals surface area contributed by atoms with E-state index in [2.05, 4.69) is 22.1 Å². The van der Waals surface area contributed by atoms with Crippen molar-refractivity contribution in [2.24, 2.45) is 0 Å². The molecule has 1 amide bonds. The number of benzene rings is 2. The lowest BCUT2D eigenvalue weighted by Gasteiger charge is -2.20. The zero-order valence-corrected chi connectivity index (χ0v) is 15.4. The first-order valence-electron chi connectivity index (χ1n) is 7.82. The fourth-order valence-electron chi connectivity index (χ4n) is 2.33. The number of hydrogen-bond donors (Lipinski definition) is 0. The summed E-state index contributed by atoms with van der Waals surface area (Å²) in [5.41, 5.74) is 1.57. The lowest BCUT2D eigenvalue weighted by atomic mass is 10.3. The van der Waals surface area contributed by atoms with Crippen LogP contribution in [0.25, 0.3) is 5.69 Å². The van der Waals surface area contributed by atoms with Crippen LogP contribution in [-0.4, -0.2) is 38.4 Å². The minimum Gasteiger partial charge on any atom is -0.308 e. The molecule has 0 radical (unpaired) electrons. The van der Waals surface area contributed by atoms with Gasteiger partial charge in [-0.25, -0.2) is 0 Å². The third-order valence-corrected chi connectivity index (χ3v) is 4.64. The predicted molar refractivity (Wildman–Crippen MR) is 104 cm³/mol. The molecular weight excluding hydrogens is 370 g/mol. The zero-order chi connectivity index (χ0) is 18.4. The largest absolute Gasteiger partial charge is 0.308 e. The average molecular weight is 386 g/mol. The summed E-state index contributed by atoms with van der Waals surface area (Å²) in [5.74, 6) is 0.144. The van der Waals surface area contributed by atoms with Gasteiger partial charge in [-0.2, -0.15) is 4.68 Å². The Kier molecular flexibility index (Phi) is 6.04. The Morgan fingerprint density at radius 2 is 2.04 bits per heavy atom. The number of carbonyl (C=O) groups excluding carboxylic acids is 1. The Balaban J connectivity index is 1.73. The third-order valence-electron chi connectivity index (χ3n) is 3.50. The normalized spacial score (nSPS) is 10.5. The Labute approximate surface area is 160 Å². The molecule has 26 heavy (non-hydrogen) atoms. The van der Waals surface area contributed by atoms with E-state index in [9.17, 15) is 4.79 Å². The van der Waals surface area contributed by atoms with E-state index in [1.807, 2.05) is 42.5 Å². The summed E-state index contributed by atoms with van der Waals surface area (Å²) in [7, 11) is 0. The molecule has 8 heteroatoms. The lowest BCUT2D eigenvalue weighted by Crippen LogP contribution is -2.32. The summed E-state index contributed by atoms with van der Waals surface area (Å²) in [6.07, 6.45) is 1.70. The maximum Gasteiger partial charge on any atom is 0.237 e. The van der Waals surface area contributed by atoms with Gasteiger partial charge in [-0.15, -0.1) is 11.7 Å². The Morgan fingerprint density at radius 3 is 2.77 bits per heavy atom. The number of tetrazole rings is 1. The molecule has 1 aromatic heterocycles. The predicted octanol–water partition coefficient (Wildman–Crippen LogP) is 3.63. The van der Waals surface area contributed by atoms with Crippen LogP contribution in [0.5, 0.6) is 0 Å². The molecule has 3 rings (SSSR count). The van der Waals surface area contributed by atoms with Crippen LogP contribution >= 0.6 is 23.4 Å². The highest BCUT2D eigenvalue weighted by Crippen LogP contribution is 2.22. The summed E-state index contributed by atoms with van der Waals surface area (Å²) in [4.78, 5) is 14.4. The first-order valence-corrected chi connectivity index (χ1v) is 9.19. The van der Waals surface area contributed by atoms with Crippen molar-refractivity contribution >= 4 is 35.0 Å². The summed E-state index contributed by atoms with van der Waals surface area (Å²) in [5, 5.41) is 12.8. The van der Waals surface area contributed by atoms with Crippen molar-refractivity contribution in [3.63, 3.8) is 0 Å². The number of thioether (sulfide) groups is 1. The average Bonchev–Trinajstić information content (AvgIpc) is 3.13. The summed E-state index contributed by atoms with van der Waals surface area (Å²) in [6, 6.07) is 16.7. The van der Waals surface area contributed by atoms with E-state index < -0.39 is 0 Å². The van der Waals surface area contributed by atoms with Gasteiger partial charge in [-0.1, -0.05) is 53.7 Å².